The molecule has 0 amide bonds. The largest absolute Gasteiger partial charge is 0.374 e. The first-order valence-corrected chi connectivity index (χ1v) is 4.35. The second-order valence-electron chi connectivity index (χ2n) is 2.75. The summed E-state index contributed by atoms with van der Waals surface area (Å²) in [6.45, 7) is 1.71. The molecule has 1 unspecified atom stereocenters. The van der Waals surface area contributed by atoms with Crippen molar-refractivity contribution in [2.75, 3.05) is 7.11 Å². The molecule has 0 spiro atoms. The topological polar surface area (TPSA) is 26.3 Å². The van der Waals surface area contributed by atoms with E-state index in [9.17, 15) is 4.79 Å². The Labute approximate surface area is 82.5 Å². The van der Waals surface area contributed by atoms with Crippen LogP contribution in [0.25, 0.3) is 0 Å². The van der Waals surface area contributed by atoms with Crippen LogP contribution in [0.2, 0.25) is 5.02 Å². The predicted molar refractivity (Wildman–Crippen MR) is 52.3 cm³/mol. The number of carbonyl (C=O) groups is 1. The van der Waals surface area contributed by atoms with Crippen molar-refractivity contribution >= 4 is 17.4 Å². The molecule has 0 aliphatic rings. The molecule has 0 N–H and O–H groups in total. The highest BCUT2D eigenvalue weighted by Gasteiger charge is 2.13. The molecular weight excluding hydrogens is 188 g/mol. The van der Waals surface area contributed by atoms with E-state index in [1.54, 1.807) is 31.2 Å². The van der Waals surface area contributed by atoms with Crippen LogP contribution in [0.4, 0.5) is 0 Å². The number of rotatable bonds is 3. The Morgan fingerprint density at radius 2 is 2.23 bits per heavy atom. The van der Waals surface area contributed by atoms with Gasteiger partial charge < -0.3 is 4.74 Å². The molecule has 1 atom stereocenters. The van der Waals surface area contributed by atoms with Gasteiger partial charge in [-0.05, 0) is 19.1 Å². The molecule has 70 valence electrons. The van der Waals surface area contributed by atoms with Gasteiger partial charge in [-0.2, -0.15) is 0 Å². The molecule has 0 saturated carbocycles. The Bertz CT molecular complexity index is 310. The summed E-state index contributed by atoms with van der Waals surface area (Å²) in [5, 5.41) is 0.564. The fraction of sp³-hybridized carbons (Fsp3) is 0.300. The van der Waals surface area contributed by atoms with Gasteiger partial charge in [-0.1, -0.05) is 23.7 Å². The zero-order valence-electron chi connectivity index (χ0n) is 7.58. The minimum absolute atomic E-state index is 0.0509. The standard InChI is InChI=1S/C10H11ClO2/c1-7(13-2)10(12)8-4-3-5-9(11)6-8/h3-7H,1-2H3. The van der Waals surface area contributed by atoms with Gasteiger partial charge in [-0.15, -0.1) is 0 Å². The molecular formula is C10H11ClO2. The van der Waals surface area contributed by atoms with Crippen LogP contribution >= 0.6 is 11.6 Å². The summed E-state index contributed by atoms with van der Waals surface area (Å²) in [6.07, 6.45) is -0.418. The highest BCUT2D eigenvalue weighted by Crippen LogP contribution is 2.12. The highest BCUT2D eigenvalue weighted by atomic mass is 35.5. The molecule has 0 fully saturated rings. The second kappa shape index (κ2) is 4.40. The predicted octanol–water partition coefficient (Wildman–Crippen LogP) is 2.56. The lowest BCUT2D eigenvalue weighted by molar-refractivity contribution is 0.0655. The Kier molecular flexibility index (Phi) is 3.46. The van der Waals surface area contributed by atoms with Gasteiger partial charge in [0.05, 0.1) is 0 Å². The summed E-state index contributed by atoms with van der Waals surface area (Å²) >= 11 is 5.74. The fourth-order valence-electron chi connectivity index (χ4n) is 0.983. The van der Waals surface area contributed by atoms with Crippen LogP contribution in [0.1, 0.15) is 17.3 Å². The zero-order chi connectivity index (χ0) is 9.84. The molecule has 1 aromatic carbocycles. The highest BCUT2D eigenvalue weighted by molar-refractivity contribution is 6.31. The maximum absolute atomic E-state index is 11.5. The maximum Gasteiger partial charge on any atom is 0.191 e. The third kappa shape index (κ3) is 2.54. The molecule has 13 heavy (non-hydrogen) atoms. The van der Waals surface area contributed by atoms with Crippen molar-refractivity contribution in [2.45, 2.75) is 13.0 Å². The molecule has 0 radical (unpaired) electrons. The summed E-state index contributed by atoms with van der Waals surface area (Å²) < 4.78 is 4.91. The van der Waals surface area contributed by atoms with E-state index in [-0.39, 0.29) is 5.78 Å². The Hall–Kier alpha value is -0.860. The average molecular weight is 199 g/mol. The maximum atomic E-state index is 11.5. The van der Waals surface area contributed by atoms with E-state index in [0.29, 0.717) is 10.6 Å². The van der Waals surface area contributed by atoms with E-state index in [4.69, 9.17) is 16.3 Å². The van der Waals surface area contributed by atoms with Crippen LogP contribution < -0.4 is 0 Å². The average Bonchev–Trinajstić information content (AvgIpc) is 2.15. The lowest BCUT2D eigenvalue weighted by atomic mass is 10.1. The van der Waals surface area contributed by atoms with Crippen molar-refractivity contribution < 1.29 is 9.53 Å². The number of carbonyl (C=O) groups excluding carboxylic acids is 1. The molecule has 0 bridgehead atoms. The van der Waals surface area contributed by atoms with Crippen molar-refractivity contribution in [3.05, 3.63) is 34.9 Å². The fourth-order valence-corrected chi connectivity index (χ4v) is 1.17. The van der Waals surface area contributed by atoms with Crippen LogP contribution in [0.15, 0.2) is 24.3 Å². The summed E-state index contributed by atoms with van der Waals surface area (Å²) in [6, 6.07) is 6.84. The molecule has 0 heterocycles. The second-order valence-corrected chi connectivity index (χ2v) is 3.19. The number of Topliss-reactive ketones (excluding diaryl/α,β-unsaturated/α-hetero) is 1. The number of ether oxygens (including phenoxy) is 1. The van der Waals surface area contributed by atoms with E-state index in [2.05, 4.69) is 0 Å². The van der Waals surface area contributed by atoms with Crippen LogP contribution in [-0.4, -0.2) is 19.0 Å². The van der Waals surface area contributed by atoms with E-state index < -0.39 is 6.10 Å². The summed E-state index contributed by atoms with van der Waals surface area (Å²) in [5.41, 5.74) is 0.585. The normalized spacial score (nSPS) is 12.5. The monoisotopic (exact) mass is 198 g/mol. The first-order valence-electron chi connectivity index (χ1n) is 3.97. The summed E-state index contributed by atoms with van der Waals surface area (Å²) in [4.78, 5) is 11.5. The number of methoxy groups -OCH3 is 1. The van der Waals surface area contributed by atoms with Crippen molar-refractivity contribution in [1.29, 1.82) is 0 Å². The zero-order valence-corrected chi connectivity index (χ0v) is 8.34. The molecule has 2 nitrogen and oxygen atoms in total. The van der Waals surface area contributed by atoms with Crippen LogP contribution in [0.3, 0.4) is 0 Å². The SMILES string of the molecule is COC(C)C(=O)c1cccc(Cl)c1. The smallest absolute Gasteiger partial charge is 0.191 e. The number of halogens is 1. The van der Waals surface area contributed by atoms with E-state index in [1.807, 2.05) is 0 Å². The van der Waals surface area contributed by atoms with Crippen LogP contribution in [-0.2, 0) is 4.74 Å². The van der Waals surface area contributed by atoms with Crippen LogP contribution in [0.5, 0.6) is 0 Å². The first-order chi connectivity index (χ1) is 6.15. The third-order valence-corrected chi connectivity index (χ3v) is 2.07. The van der Waals surface area contributed by atoms with E-state index in [1.165, 1.54) is 7.11 Å². The van der Waals surface area contributed by atoms with Gasteiger partial charge in [0.1, 0.15) is 6.10 Å². The minimum atomic E-state index is -0.418. The van der Waals surface area contributed by atoms with E-state index >= 15 is 0 Å². The van der Waals surface area contributed by atoms with Gasteiger partial charge in [0.25, 0.3) is 0 Å². The number of hydrogen-bond donors (Lipinski definition) is 0. The summed E-state index contributed by atoms with van der Waals surface area (Å²) in [7, 11) is 1.51. The number of ketones is 1. The van der Waals surface area contributed by atoms with Gasteiger partial charge in [0, 0.05) is 17.7 Å². The van der Waals surface area contributed by atoms with Crippen molar-refractivity contribution in [1.82, 2.24) is 0 Å². The number of hydrogen-bond acceptors (Lipinski definition) is 2. The lowest BCUT2D eigenvalue weighted by Crippen LogP contribution is -2.18. The molecule has 0 aliphatic heterocycles. The van der Waals surface area contributed by atoms with E-state index in [0.717, 1.165) is 0 Å². The molecule has 3 heteroatoms. The molecule has 0 aromatic heterocycles. The molecule has 0 saturated heterocycles. The van der Waals surface area contributed by atoms with Gasteiger partial charge in [0.15, 0.2) is 5.78 Å². The molecule has 1 aromatic rings. The minimum Gasteiger partial charge on any atom is -0.374 e. The third-order valence-electron chi connectivity index (χ3n) is 1.83. The number of benzene rings is 1. The summed E-state index contributed by atoms with van der Waals surface area (Å²) in [5.74, 6) is -0.0509. The Morgan fingerprint density at radius 1 is 1.54 bits per heavy atom. The van der Waals surface area contributed by atoms with Gasteiger partial charge >= 0.3 is 0 Å². The van der Waals surface area contributed by atoms with Gasteiger partial charge in [-0.25, -0.2) is 0 Å². The molecule has 1 rings (SSSR count). The van der Waals surface area contributed by atoms with Crippen molar-refractivity contribution in [2.24, 2.45) is 0 Å². The quantitative estimate of drug-likeness (QED) is 0.698. The van der Waals surface area contributed by atoms with Gasteiger partial charge in [-0.3, -0.25) is 4.79 Å². The van der Waals surface area contributed by atoms with Crippen molar-refractivity contribution in [3.63, 3.8) is 0 Å². The first kappa shape index (κ1) is 10.2. The van der Waals surface area contributed by atoms with Crippen LogP contribution in [0, 0.1) is 0 Å². The van der Waals surface area contributed by atoms with Crippen molar-refractivity contribution in [3.8, 4) is 0 Å². The Balaban J connectivity index is 2.89. The Morgan fingerprint density at radius 3 is 2.77 bits per heavy atom. The molecule has 0 aliphatic carbocycles. The lowest BCUT2D eigenvalue weighted by Gasteiger charge is -2.07. The van der Waals surface area contributed by atoms with Gasteiger partial charge in [0.2, 0.25) is 0 Å².